The molecule has 7 heteroatoms. The van der Waals surface area contributed by atoms with Crippen LogP contribution >= 0.6 is 11.6 Å². The third-order valence-corrected chi connectivity index (χ3v) is 6.02. The van der Waals surface area contributed by atoms with Gasteiger partial charge >= 0.3 is 0 Å². The normalized spacial score (nSPS) is 16.7. The van der Waals surface area contributed by atoms with Crippen molar-refractivity contribution in [1.29, 1.82) is 0 Å². The maximum absolute atomic E-state index is 12.4. The highest BCUT2D eigenvalue weighted by Crippen LogP contribution is 2.27. The van der Waals surface area contributed by atoms with Gasteiger partial charge in [-0.3, -0.25) is 9.69 Å². The molecular weight excluding hydrogens is 416 g/mol. The highest BCUT2D eigenvalue weighted by Gasteiger charge is 2.21. The fourth-order valence-corrected chi connectivity index (χ4v) is 4.26. The molecule has 0 saturated carbocycles. The minimum atomic E-state index is 0.0440. The number of phenolic OH excluding ortho intramolecular Hbond substituents is 1. The van der Waals surface area contributed by atoms with Gasteiger partial charge in [0.25, 0.3) is 0 Å². The number of carbonyl (C=O) groups is 1. The zero-order valence-corrected chi connectivity index (χ0v) is 19.0. The number of piperidine rings is 1. The average molecular weight is 447 g/mol. The van der Waals surface area contributed by atoms with Crippen molar-refractivity contribution in [3.8, 4) is 17.2 Å². The van der Waals surface area contributed by atoms with Crippen LogP contribution in [0.1, 0.15) is 36.8 Å². The van der Waals surface area contributed by atoms with Gasteiger partial charge in [0.15, 0.2) is 0 Å². The number of nitrogens with one attached hydrogen (secondary N) is 1. The van der Waals surface area contributed by atoms with Crippen molar-refractivity contribution in [3.05, 3.63) is 52.5 Å². The van der Waals surface area contributed by atoms with Crippen LogP contribution in [0.3, 0.4) is 0 Å². The predicted octanol–water partition coefficient (Wildman–Crippen LogP) is 4.37. The number of hydrogen-bond acceptors (Lipinski definition) is 5. The summed E-state index contributed by atoms with van der Waals surface area (Å²) in [6.45, 7) is 3.01. The van der Waals surface area contributed by atoms with Gasteiger partial charge in [0.2, 0.25) is 5.91 Å². The minimum absolute atomic E-state index is 0.0440. The molecular formula is C24H31ClN2O4. The first kappa shape index (κ1) is 23.2. The lowest BCUT2D eigenvalue weighted by atomic mass is 9.93. The quantitative estimate of drug-likeness (QED) is 0.598. The number of carbonyl (C=O) groups excluding carboxylic acids is 1. The molecule has 6 nitrogen and oxygen atoms in total. The van der Waals surface area contributed by atoms with Gasteiger partial charge in [-0.1, -0.05) is 11.6 Å². The zero-order valence-electron chi connectivity index (χ0n) is 18.2. The molecule has 0 unspecified atom stereocenters. The number of amides is 1. The molecule has 0 spiro atoms. The Labute approximate surface area is 189 Å². The molecule has 0 aromatic heterocycles. The molecule has 2 aromatic rings. The molecule has 0 aliphatic carbocycles. The lowest BCUT2D eigenvalue weighted by Gasteiger charge is -2.33. The van der Waals surface area contributed by atoms with E-state index in [4.69, 9.17) is 21.1 Å². The molecule has 1 aliphatic heterocycles. The van der Waals surface area contributed by atoms with Gasteiger partial charge < -0.3 is 19.9 Å². The Morgan fingerprint density at radius 1 is 1.19 bits per heavy atom. The van der Waals surface area contributed by atoms with Crippen LogP contribution in [0.4, 0.5) is 0 Å². The standard InChI is InChI=1S/C24H31ClN2O4/c1-30-21-8-6-18(23(13-21)31-2)14-26-24(29)10-5-17-4-3-11-27(15-17)16-19-12-20(25)7-9-22(19)28/h6-9,12-13,17,28H,3-5,10-11,14-16H2,1-2H3,(H,26,29)/t17-/m1/s1. The minimum Gasteiger partial charge on any atom is -0.508 e. The summed E-state index contributed by atoms with van der Waals surface area (Å²) in [6, 6.07) is 10.7. The second kappa shape index (κ2) is 11.3. The van der Waals surface area contributed by atoms with Gasteiger partial charge in [0, 0.05) is 48.3 Å². The van der Waals surface area contributed by atoms with Crippen LogP contribution in [0.15, 0.2) is 36.4 Å². The van der Waals surface area contributed by atoms with E-state index in [1.165, 1.54) is 0 Å². The van der Waals surface area contributed by atoms with E-state index in [1.807, 2.05) is 24.3 Å². The summed E-state index contributed by atoms with van der Waals surface area (Å²) in [4.78, 5) is 14.7. The molecule has 0 bridgehead atoms. The largest absolute Gasteiger partial charge is 0.508 e. The van der Waals surface area contributed by atoms with Gasteiger partial charge in [-0.05, 0) is 62.1 Å². The van der Waals surface area contributed by atoms with Crippen molar-refractivity contribution in [2.24, 2.45) is 5.92 Å². The van der Waals surface area contributed by atoms with Crippen molar-refractivity contribution in [3.63, 3.8) is 0 Å². The summed E-state index contributed by atoms with van der Waals surface area (Å²) < 4.78 is 10.6. The Kier molecular flexibility index (Phi) is 8.43. The fraction of sp³-hybridized carbons (Fsp3) is 0.458. The van der Waals surface area contributed by atoms with Crippen LogP contribution in [0.25, 0.3) is 0 Å². The number of hydrogen-bond donors (Lipinski definition) is 2. The molecule has 1 aliphatic rings. The predicted molar refractivity (Wildman–Crippen MR) is 122 cm³/mol. The second-order valence-corrected chi connectivity index (χ2v) is 8.45. The third-order valence-electron chi connectivity index (χ3n) is 5.79. The summed E-state index contributed by atoms with van der Waals surface area (Å²) in [7, 11) is 3.22. The number of ether oxygens (including phenoxy) is 2. The number of phenols is 1. The van der Waals surface area contributed by atoms with Crippen molar-refractivity contribution < 1.29 is 19.4 Å². The SMILES string of the molecule is COc1ccc(CNC(=O)CC[C@H]2CCCN(Cc3cc(Cl)ccc3O)C2)c(OC)c1. The van der Waals surface area contributed by atoms with E-state index in [1.54, 1.807) is 26.4 Å². The lowest BCUT2D eigenvalue weighted by molar-refractivity contribution is -0.121. The Hall–Kier alpha value is -2.44. The molecule has 1 amide bonds. The summed E-state index contributed by atoms with van der Waals surface area (Å²) in [5.74, 6) is 2.21. The van der Waals surface area contributed by atoms with E-state index in [0.29, 0.717) is 36.2 Å². The average Bonchev–Trinajstić information content (AvgIpc) is 2.78. The monoisotopic (exact) mass is 446 g/mol. The van der Waals surface area contributed by atoms with Crippen LogP contribution in [-0.4, -0.2) is 43.2 Å². The summed E-state index contributed by atoms with van der Waals surface area (Å²) in [5.41, 5.74) is 1.76. The molecule has 0 radical (unpaired) electrons. The van der Waals surface area contributed by atoms with E-state index < -0.39 is 0 Å². The maximum atomic E-state index is 12.4. The number of aromatic hydroxyl groups is 1. The number of rotatable bonds is 9. The molecule has 168 valence electrons. The first-order valence-electron chi connectivity index (χ1n) is 10.7. The van der Waals surface area contributed by atoms with Gasteiger partial charge in [-0.2, -0.15) is 0 Å². The van der Waals surface area contributed by atoms with E-state index in [9.17, 15) is 9.90 Å². The number of methoxy groups -OCH3 is 2. The number of benzene rings is 2. The molecule has 1 fully saturated rings. The molecule has 3 rings (SSSR count). The van der Waals surface area contributed by atoms with Gasteiger partial charge in [-0.25, -0.2) is 0 Å². The molecule has 1 saturated heterocycles. The lowest BCUT2D eigenvalue weighted by Crippen LogP contribution is -2.35. The van der Waals surface area contributed by atoms with E-state index in [-0.39, 0.29) is 11.7 Å². The van der Waals surface area contributed by atoms with Crippen molar-refractivity contribution in [1.82, 2.24) is 10.2 Å². The van der Waals surface area contributed by atoms with E-state index >= 15 is 0 Å². The summed E-state index contributed by atoms with van der Waals surface area (Å²) >= 11 is 6.07. The first-order valence-corrected chi connectivity index (χ1v) is 11.0. The van der Waals surface area contributed by atoms with Crippen LogP contribution in [0, 0.1) is 5.92 Å². The second-order valence-electron chi connectivity index (χ2n) is 8.01. The molecule has 1 atom stereocenters. The number of likely N-dealkylation sites (tertiary alicyclic amines) is 1. The molecule has 1 heterocycles. The van der Waals surface area contributed by atoms with Gasteiger partial charge in [0.1, 0.15) is 17.2 Å². The van der Waals surface area contributed by atoms with Crippen molar-refractivity contribution in [2.75, 3.05) is 27.3 Å². The highest BCUT2D eigenvalue weighted by molar-refractivity contribution is 6.30. The number of nitrogens with zero attached hydrogens (tertiary/aromatic N) is 1. The highest BCUT2D eigenvalue weighted by atomic mass is 35.5. The smallest absolute Gasteiger partial charge is 0.220 e. The van der Waals surface area contributed by atoms with Crippen molar-refractivity contribution in [2.45, 2.75) is 38.8 Å². The summed E-state index contributed by atoms with van der Waals surface area (Å²) in [5, 5.41) is 13.7. The Morgan fingerprint density at radius 2 is 2.03 bits per heavy atom. The third kappa shape index (κ3) is 6.77. The van der Waals surface area contributed by atoms with E-state index in [2.05, 4.69) is 10.2 Å². The molecule has 2 N–H and O–H groups in total. The van der Waals surface area contributed by atoms with Gasteiger partial charge in [0.05, 0.1) is 14.2 Å². The van der Waals surface area contributed by atoms with Crippen LogP contribution in [0.5, 0.6) is 17.2 Å². The maximum Gasteiger partial charge on any atom is 0.220 e. The Balaban J connectivity index is 1.45. The topological polar surface area (TPSA) is 71.0 Å². The number of halogens is 1. The zero-order chi connectivity index (χ0) is 22.2. The Morgan fingerprint density at radius 3 is 2.81 bits per heavy atom. The first-order chi connectivity index (χ1) is 15.0. The van der Waals surface area contributed by atoms with Crippen molar-refractivity contribution >= 4 is 17.5 Å². The molecule has 31 heavy (non-hydrogen) atoms. The van der Waals surface area contributed by atoms with E-state index in [0.717, 1.165) is 49.2 Å². The Bertz CT molecular complexity index is 890. The fourth-order valence-electron chi connectivity index (χ4n) is 4.07. The van der Waals surface area contributed by atoms with Gasteiger partial charge in [-0.15, -0.1) is 0 Å². The van der Waals surface area contributed by atoms with Crippen LogP contribution in [-0.2, 0) is 17.9 Å². The molecule has 2 aromatic carbocycles. The summed E-state index contributed by atoms with van der Waals surface area (Å²) in [6.07, 6.45) is 3.57. The van der Waals surface area contributed by atoms with Crippen LogP contribution in [0.2, 0.25) is 5.02 Å². The van der Waals surface area contributed by atoms with Crippen LogP contribution < -0.4 is 14.8 Å².